The summed E-state index contributed by atoms with van der Waals surface area (Å²) in [5, 5.41) is 10.2. The molecule has 1 aromatic heterocycles. The molecule has 108 valence electrons. The molecule has 20 heavy (non-hydrogen) atoms. The molecule has 5 nitrogen and oxygen atoms in total. The van der Waals surface area contributed by atoms with Gasteiger partial charge in [-0.3, -0.25) is 9.59 Å². The third-order valence-corrected chi connectivity index (χ3v) is 3.98. The first-order valence-corrected chi connectivity index (χ1v) is 6.33. The monoisotopic (exact) mass is 307 g/mol. The molecule has 0 aromatic carbocycles. The number of carboxylic acids is 1. The number of carboxylic acid groups (broad SMARTS) is 1. The van der Waals surface area contributed by atoms with Crippen LogP contribution in [0.15, 0.2) is 0 Å². The van der Waals surface area contributed by atoms with E-state index in [0.29, 0.717) is 24.2 Å². The molecule has 1 aromatic rings. The van der Waals surface area contributed by atoms with Crippen LogP contribution >= 0.6 is 11.3 Å². The van der Waals surface area contributed by atoms with E-state index in [2.05, 4.69) is 0 Å². The molecule has 0 aliphatic heterocycles. The summed E-state index contributed by atoms with van der Waals surface area (Å²) in [5.41, 5.74) is -0.216. The zero-order valence-electron chi connectivity index (χ0n) is 9.84. The van der Waals surface area contributed by atoms with Crippen molar-refractivity contribution in [2.75, 3.05) is 5.32 Å². The number of ketones is 1. The molecule has 0 unspecified atom stereocenters. The molecule has 1 aliphatic carbocycles. The van der Waals surface area contributed by atoms with Gasteiger partial charge in [0.25, 0.3) is 0 Å². The summed E-state index contributed by atoms with van der Waals surface area (Å²) in [6, 6.07) is 0. The lowest BCUT2D eigenvalue weighted by Gasteiger charge is -2.10. The molecule has 2 N–H and O–H groups in total. The highest BCUT2D eigenvalue weighted by Crippen LogP contribution is 2.38. The Balaban J connectivity index is 2.46. The van der Waals surface area contributed by atoms with Crippen LogP contribution in [-0.4, -0.2) is 28.9 Å². The van der Waals surface area contributed by atoms with Crippen LogP contribution in [0.1, 0.15) is 38.4 Å². The molecule has 0 atom stereocenters. The van der Waals surface area contributed by atoms with Crippen LogP contribution in [-0.2, 0) is 11.2 Å². The lowest BCUT2D eigenvalue weighted by atomic mass is 9.94. The van der Waals surface area contributed by atoms with Crippen molar-refractivity contribution in [3.63, 3.8) is 0 Å². The maximum absolute atomic E-state index is 12.2. The van der Waals surface area contributed by atoms with Crippen molar-refractivity contribution >= 4 is 34.0 Å². The standard InChI is InChI=1S/C11H8F3NO4S/c12-11(13,14)10(19)15-8-6(9(17)18)4-2-1-3-5(16)7(4)20-8/h1-3H2,(H,15,19)(H,17,18). The summed E-state index contributed by atoms with van der Waals surface area (Å²) in [6.07, 6.45) is -4.17. The second-order valence-electron chi connectivity index (χ2n) is 4.15. The lowest BCUT2D eigenvalue weighted by molar-refractivity contribution is -0.167. The quantitative estimate of drug-likeness (QED) is 0.879. The van der Waals surface area contributed by atoms with Gasteiger partial charge in [-0.15, -0.1) is 11.3 Å². The predicted molar refractivity (Wildman–Crippen MR) is 63.2 cm³/mol. The van der Waals surface area contributed by atoms with Crippen molar-refractivity contribution in [1.82, 2.24) is 0 Å². The van der Waals surface area contributed by atoms with E-state index in [4.69, 9.17) is 5.11 Å². The minimum Gasteiger partial charge on any atom is -0.478 e. The van der Waals surface area contributed by atoms with Gasteiger partial charge in [0.2, 0.25) is 0 Å². The topological polar surface area (TPSA) is 83.5 Å². The molecule has 9 heteroatoms. The molecule has 0 spiro atoms. The fourth-order valence-corrected chi connectivity index (χ4v) is 3.16. The van der Waals surface area contributed by atoms with E-state index < -0.39 is 28.6 Å². The van der Waals surface area contributed by atoms with Gasteiger partial charge < -0.3 is 10.4 Å². The van der Waals surface area contributed by atoms with Gasteiger partial charge in [-0.25, -0.2) is 4.79 Å². The zero-order valence-corrected chi connectivity index (χ0v) is 10.7. The minimum atomic E-state index is -5.12. The highest BCUT2D eigenvalue weighted by atomic mass is 32.1. The molecule has 2 rings (SSSR count). The number of anilines is 1. The van der Waals surface area contributed by atoms with E-state index in [1.165, 1.54) is 5.32 Å². The summed E-state index contributed by atoms with van der Waals surface area (Å²) < 4.78 is 36.6. The first-order chi connectivity index (χ1) is 9.21. The Morgan fingerprint density at radius 3 is 2.45 bits per heavy atom. The lowest BCUT2D eigenvalue weighted by Crippen LogP contribution is -2.30. The molecule has 0 saturated carbocycles. The predicted octanol–water partition coefficient (Wildman–Crippen LogP) is 2.47. The minimum absolute atomic E-state index is 0.117. The largest absolute Gasteiger partial charge is 0.478 e. The molecule has 0 saturated heterocycles. The normalized spacial score (nSPS) is 14.8. The zero-order chi connectivity index (χ0) is 15.1. The number of hydrogen-bond donors (Lipinski definition) is 2. The van der Waals surface area contributed by atoms with Gasteiger partial charge in [0.15, 0.2) is 5.78 Å². The number of carbonyl (C=O) groups excluding carboxylic acids is 2. The summed E-state index contributed by atoms with van der Waals surface area (Å²) in [5.74, 6) is -4.04. The van der Waals surface area contributed by atoms with Crippen LogP contribution in [0.4, 0.5) is 18.2 Å². The SMILES string of the molecule is O=C1CCCc2c1sc(NC(=O)C(F)(F)F)c2C(=O)O. The van der Waals surface area contributed by atoms with Crippen molar-refractivity contribution in [3.05, 3.63) is 16.0 Å². The third kappa shape index (κ3) is 2.53. The smallest absolute Gasteiger partial charge is 0.471 e. The number of nitrogens with one attached hydrogen (secondary N) is 1. The number of fused-ring (bicyclic) bond motifs is 1. The highest BCUT2D eigenvalue weighted by molar-refractivity contribution is 7.18. The average Bonchev–Trinajstić information content (AvgIpc) is 2.67. The number of halogens is 3. The fraction of sp³-hybridized carbons (Fsp3) is 0.364. The van der Waals surface area contributed by atoms with Crippen LogP contribution in [0.5, 0.6) is 0 Å². The van der Waals surface area contributed by atoms with E-state index in [1.807, 2.05) is 0 Å². The Morgan fingerprint density at radius 1 is 1.25 bits per heavy atom. The number of hydrogen-bond acceptors (Lipinski definition) is 4. The van der Waals surface area contributed by atoms with Crippen LogP contribution in [0, 0.1) is 0 Å². The number of thiophene rings is 1. The Morgan fingerprint density at radius 2 is 1.90 bits per heavy atom. The van der Waals surface area contributed by atoms with Crippen molar-refractivity contribution in [1.29, 1.82) is 0 Å². The molecular weight excluding hydrogens is 299 g/mol. The van der Waals surface area contributed by atoms with Crippen molar-refractivity contribution in [2.45, 2.75) is 25.4 Å². The van der Waals surface area contributed by atoms with Crippen LogP contribution in [0.25, 0.3) is 0 Å². The van der Waals surface area contributed by atoms with E-state index in [1.54, 1.807) is 0 Å². The maximum Gasteiger partial charge on any atom is 0.471 e. The van der Waals surface area contributed by atoms with Crippen molar-refractivity contribution in [2.24, 2.45) is 0 Å². The number of Topliss-reactive ketones (excluding diaryl/α,β-unsaturated/α-hetero) is 1. The average molecular weight is 307 g/mol. The Kier molecular flexibility index (Phi) is 3.55. The van der Waals surface area contributed by atoms with Gasteiger partial charge in [-0.05, 0) is 18.4 Å². The Hall–Kier alpha value is -1.90. The van der Waals surface area contributed by atoms with Gasteiger partial charge in [-0.1, -0.05) is 0 Å². The van der Waals surface area contributed by atoms with Crippen LogP contribution in [0.2, 0.25) is 0 Å². The molecule has 1 aliphatic rings. The number of amides is 1. The van der Waals surface area contributed by atoms with Crippen LogP contribution in [0.3, 0.4) is 0 Å². The summed E-state index contributed by atoms with van der Waals surface area (Å²) in [7, 11) is 0. The van der Waals surface area contributed by atoms with Gasteiger partial charge in [0.05, 0.1) is 10.4 Å². The number of aromatic carboxylic acids is 1. The van der Waals surface area contributed by atoms with Gasteiger partial charge in [-0.2, -0.15) is 13.2 Å². The van der Waals surface area contributed by atoms with Gasteiger partial charge >= 0.3 is 18.1 Å². The molecule has 1 heterocycles. The Bertz CT molecular complexity index is 606. The summed E-state index contributed by atoms with van der Waals surface area (Å²) in [4.78, 5) is 33.8. The first kappa shape index (κ1) is 14.5. The van der Waals surface area contributed by atoms with E-state index in [9.17, 15) is 27.6 Å². The number of rotatable bonds is 2. The number of carbonyl (C=O) groups is 3. The first-order valence-electron chi connectivity index (χ1n) is 5.52. The van der Waals surface area contributed by atoms with E-state index in [0.717, 1.165) is 0 Å². The van der Waals surface area contributed by atoms with Crippen molar-refractivity contribution < 1.29 is 32.7 Å². The molecule has 0 radical (unpaired) electrons. The Labute approximate surface area is 114 Å². The van der Waals surface area contributed by atoms with Crippen molar-refractivity contribution in [3.8, 4) is 0 Å². The molecule has 0 bridgehead atoms. The highest BCUT2D eigenvalue weighted by Gasteiger charge is 2.40. The van der Waals surface area contributed by atoms with Crippen LogP contribution < -0.4 is 5.32 Å². The summed E-state index contributed by atoms with van der Waals surface area (Å²) >= 11 is 0.581. The molecule has 1 amide bonds. The molecule has 0 fully saturated rings. The second-order valence-corrected chi connectivity index (χ2v) is 5.17. The number of alkyl halides is 3. The van der Waals surface area contributed by atoms with E-state index >= 15 is 0 Å². The van der Waals surface area contributed by atoms with E-state index in [-0.39, 0.29) is 22.6 Å². The van der Waals surface area contributed by atoms with Gasteiger partial charge in [0.1, 0.15) is 5.00 Å². The van der Waals surface area contributed by atoms with Gasteiger partial charge in [0, 0.05) is 6.42 Å². The molecular formula is C11H8F3NO4S. The third-order valence-electron chi connectivity index (χ3n) is 2.79. The maximum atomic E-state index is 12.2. The summed E-state index contributed by atoms with van der Waals surface area (Å²) in [6.45, 7) is 0. The fourth-order valence-electron chi connectivity index (χ4n) is 1.96. The second kappa shape index (κ2) is 4.89.